The van der Waals surface area contributed by atoms with Gasteiger partial charge in [-0.25, -0.2) is 4.98 Å². The molecule has 1 aliphatic rings. The van der Waals surface area contributed by atoms with E-state index >= 15 is 0 Å². The lowest BCUT2D eigenvalue weighted by molar-refractivity contribution is 0.101. The number of amides is 1. The van der Waals surface area contributed by atoms with Crippen molar-refractivity contribution in [1.82, 2.24) is 15.0 Å². The number of rotatable bonds is 3. The number of nitrogens with one attached hydrogen (secondary N) is 1. The lowest BCUT2D eigenvalue weighted by atomic mass is 10.3. The van der Waals surface area contributed by atoms with Gasteiger partial charge in [0, 0.05) is 37.9 Å². The van der Waals surface area contributed by atoms with E-state index in [0.717, 1.165) is 47.2 Å². The Hall–Kier alpha value is -2.45. The molecule has 0 atom stereocenters. The third-order valence-corrected chi connectivity index (χ3v) is 5.35. The normalized spacial score (nSPS) is 15.7. The Morgan fingerprint density at radius 3 is 2.76 bits per heavy atom. The van der Waals surface area contributed by atoms with E-state index in [4.69, 9.17) is 9.51 Å². The highest BCUT2D eigenvalue weighted by atomic mass is 32.1. The maximum atomic E-state index is 12.2. The van der Waals surface area contributed by atoms with Crippen LogP contribution in [0.3, 0.4) is 0 Å². The van der Waals surface area contributed by atoms with Crippen molar-refractivity contribution in [3.05, 3.63) is 35.7 Å². The molecule has 1 aliphatic heterocycles. The predicted octanol–water partition coefficient (Wildman–Crippen LogP) is 2.60. The molecule has 2 aromatic heterocycles. The summed E-state index contributed by atoms with van der Waals surface area (Å²) < 4.78 is 6.00. The van der Waals surface area contributed by atoms with E-state index in [1.54, 1.807) is 24.3 Å². The van der Waals surface area contributed by atoms with Crippen molar-refractivity contribution in [1.29, 1.82) is 0 Å². The summed E-state index contributed by atoms with van der Waals surface area (Å²) in [6.45, 7) is 5.84. The molecule has 0 aliphatic carbocycles. The predicted molar refractivity (Wildman–Crippen MR) is 98.5 cm³/mol. The highest BCUT2D eigenvalue weighted by Crippen LogP contribution is 2.31. The van der Waals surface area contributed by atoms with Crippen LogP contribution in [0.5, 0.6) is 0 Å². The summed E-state index contributed by atoms with van der Waals surface area (Å²) in [4.78, 5) is 21.6. The number of benzene rings is 1. The number of thiazole rings is 1. The second-order valence-electron chi connectivity index (χ2n) is 6.25. The number of aryl methyl sites for hydroxylation is 1. The van der Waals surface area contributed by atoms with Crippen LogP contribution in [0, 0.1) is 6.92 Å². The molecule has 0 saturated carbocycles. The molecule has 130 valence electrons. The number of carbonyl (C=O) groups excluding carboxylic acids is 1. The highest BCUT2D eigenvalue weighted by molar-refractivity contribution is 7.22. The fourth-order valence-corrected chi connectivity index (χ4v) is 3.85. The Morgan fingerprint density at radius 1 is 1.24 bits per heavy atom. The first-order valence-electron chi connectivity index (χ1n) is 8.17. The number of anilines is 2. The number of aromatic nitrogens is 2. The van der Waals surface area contributed by atoms with Crippen LogP contribution in [0.2, 0.25) is 0 Å². The van der Waals surface area contributed by atoms with Crippen LogP contribution in [0.1, 0.15) is 16.2 Å². The average molecular weight is 357 g/mol. The van der Waals surface area contributed by atoms with E-state index in [9.17, 15) is 4.79 Å². The zero-order valence-electron chi connectivity index (χ0n) is 14.2. The van der Waals surface area contributed by atoms with E-state index < -0.39 is 0 Å². The minimum absolute atomic E-state index is 0.278. The number of piperazine rings is 1. The van der Waals surface area contributed by atoms with Gasteiger partial charge in [0.25, 0.3) is 5.91 Å². The van der Waals surface area contributed by atoms with Crippen molar-refractivity contribution < 1.29 is 9.32 Å². The zero-order chi connectivity index (χ0) is 17.4. The van der Waals surface area contributed by atoms with Gasteiger partial charge in [0.15, 0.2) is 10.8 Å². The summed E-state index contributed by atoms with van der Waals surface area (Å²) in [6, 6.07) is 7.37. The molecule has 0 spiro atoms. The maximum Gasteiger partial charge on any atom is 0.277 e. The quantitative estimate of drug-likeness (QED) is 0.777. The van der Waals surface area contributed by atoms with Crippen molar-refractivity contribution >= 4 is 38.3 Å². The molecule has 3 heterocycles. The first kappa shape index (κ1) is 16.0. The van der Waals surface area contributed by atoms with Crippen LogP contribution in [0.4, 0.5) is 10.8 Å². The Bertz CT molecular complexity index is 911. The number of likely N-dealkylation sites (N-methyl/N-ethyl adjacent to an activating group) is 1. The summed E-state index contributed by atoms with van der Waals surface area (Å²) in [5.74, 6) is 0.333. The molecule has 0 unspecified atom stereocenters. The van der Waals surface area contributed by atoms with Crippen molar-refractivity contribution in [2.24, 2.45) is 0 Å². The Balaban J connectivity index is 1.53. The fraction of sp³-hybridized carbons (Fsp3) is 0.353. The van der Waals surface area contributed by atoms with Crippen LogP contribution in [0.15, 0.2) is 28.8 Å². The Morgan fingerprint density at radius 2 is 2.04 bits per heavy atom. The maximum absolute atomic E-state index is 12.2. The van der Waals surface area contributed by atoms with Crippen molar-refractivity contribution in [2.45, 2.75) is 6.92 Å². The first-order chi connectivity index (χ1) is 12.1. The minimum Gasteiger partial charge on any atom is -0.361 e. The molecule has 1 N–H and O–H groups in total. The standard InChI is InChI=1S/C17H19N5O2S/c1-11-9-14(20-24-11)16(23)18-12-3-4-13-15(10-12)25-17(19-13)22-7-5-21(2)6-8-22/h3-4,9-10H,5-8H2,1-2H3,(H,18,23). The molecule has 8 heteroatoms. The summed E-state index contributed by atoms with van der Waals surface area (Å²) >= 11 is 1.66. The summed E-state index contributed by atoms with van der Waals surface area (Å²) in [7, 11) is 2.14. The van der Waals surface area contributed by atoms with E-state index in [2.05, 4.69) is 27.3 Å². The van der Waals surface area contributed by atoms with E-state index in [0.29, 0.717) is 5.76 Å². The first-order valence-corrected chi connectivity index (χ1v) is 8.99. The van der Waals surface area contributed by atoms with Gasteiger partial charge < -0.3 is 19.6 Å². The zero-order valence-corrected chi connectivity index (χ0v) is 15.0. The molecule has 0 radical (unpaired) electrons. The highest BCUT2D eigenvalue weighted by Gasteiger charge is 2.18. The summed E-state index contributed by atoms with van der Waals surface area (Å²) in [6.07, 6.45) is 0. The summed E-state index contributed by atoms with van der Waals surface area (Å²) in [5.41, 5.74) is 1.96. The fourth-order valence-electron chi connectivity index (χ4n) is 2.79. The Labute approximate surface area is 149 Å². The molecule has 25 heavy (non-hydrogen) atoms. The molecule has 7 nitrogen and oxygen atoms in total. The van der Waals surface area contributed by atoms with Gasteiger partial charge in [-0.2, -0.15) is 0 Å². The molecular formula is C17H19N5O2S. The van der Waals surface area contributed by atoms with Gasteiger partial charge in [-0.15, -0.1) is 0 Å². The van der Waals surface area contributed by atoms with E-state index in [1.807, 2.05) is 18.2 Å². The van der Waals surface area contributed by atoms with Crippen LogP contribution >= 0.6 is 11.3 Å². The second kappa shape index (κ2) is 6.45. The SMILES string of the molecule is Cc1cc(C(=O)Nc2ccc3nc(N4CCN(C)CC4)sc3c2)no1. The smallest absolute Gasteiger partial charge is 0.277 e. The molecule has 1 amide bonds. The third kappa shape index (κ3) is 3.35. The lowest BCUT2D eigenvalue weighted by Crippen LogP contribution is -2.44. The summed E-state index contributed by atoms with van der Waals surface area (Å²) in [5, 5.41) is 7.63. The second-order valence-corrected chi connectivity index (χ2v) is 7.26. The van der Waals surface area contributed by atoms with E-state index in [1.165, 1.54) is 0 Å². The van der Waals surface area contributed by atoms with Crippen LogP contribution in [0.25, 0.3) is 10.2 Å². The molecule has 1 aromatic carbocycles. The van der Waals surface area contributed by atoms with E-state index in [-0.39, 0.29) is 11.6 Å². The largest absolute Gasteiger partial charge is 0.361 e. The van der Waals surface area contributed by atoms with Crippen LogP contribution in [-0.2, 0) is 0 Å². The molecule has 1 fully saturated rings. The Kier molecular flexibility index (Phi) is 4.14. The van der Waals surface area contributed by atoms with Gasteiger partial charge in [-0.3, -0.25) is 4.79 Å². The average Bonchev–Trinajstić information content (AvgIpc) is 3.21. The third-order valence-electron chi connectivity index (χ3n) is 4.27. The molecule has 4 rings (SSSR count). The minimum atomic E-state index is -0.278. The number of carbonyl (C=O) groups is 1. The number of nitrogens with zero attached hydrogens (tertiary/aromatic N) is 4. The number of fused-ring (bicyclic) bond motifs is 1. The number of hydrogen-bond acceptors (Lipinski definition) is 7. The molecule has 3 aromatic rings. The van der Waals surface area contributed by atoms with Crippen molar-refractivity contribution in [3.63, 3.8) is 0 Å². The van der Waals surface area contributed by atoms with Gasteiger partial charge in [0.05, 0.1) is 10.2 Å². The topological polar surface area (TPSA) is 74.5 Å². The van der Waals surface area contributed by atoms with Gasteiger partial charge in [-0.05, 0) is 32.2 Å². The monoisotopic (exact) mass is 357 g/mol. The molecular weight excluding hydrogens is 338 g/mol. The number of hydrogen-bond donors (Lipinski definition) is 1. The van der Waals surface area contributed by atoms with Gasteiger partial charge in [0.1, 0.15) is 5.76 Å². The van der Waals surface area contributed by atoms with Crippen molar-refractivity contribution in [2.75, 3.05) is 43.4 Å². The van der Waals surface area contributed by atoms with Crippen LogP contribution < -0.4 is 10.2 Å². The van der Waals surface area contributed by atoms with Gasteiger partial charge >= 0.3 is 0 Å². The van der Waals surface area contributed by atoms with Gasteiger partial charge in [0.2, 0.25) is 0 Å². The van der Waals surface area contributed by atoms with Crippen molar-refractivity contribution in [3.8, 4) is 0 Å². The lowest BCUT2D eigenvalue weighted by Gasteiger charge is -2.31. The van der Waals surface area contributed by atoms with Crippen LogP contribution in [-0.4, -0.2) is 54.2 Å². The molecule has 1 saturated heterocycles. The van der Waals surface area contributed by atoms with Gasteiger partial charge in [-0.1, -0.05) is 16.5 Å². The molecule has 0 bridgehead atoms.